The second-order valence-corrected chi connectivity index (χ2v) is 4.50. The molecule has 0 aromatic heterocycles. The Balaban J connectivity index is 2.58. The average Bonchev–Trinajstić information content (AvgIpc) is 2.38. The number of aryl methyl sites for hydroxylation is 1. The minimum atomic E-state index is -0.368. The van der Waals surface area contributed by atoms with Gasteiger partial charge in [-0.3, -0.25) is 0 Å². The van der Waals surface area contributed by atoms with Crippen LogP contribution in [-0.4, -0.2) is 29.6 Å². The van der Waals surface area contributed by atoms with E-state index in [2.05, 4.69) is 37.8 Å². The summed E-state index contributed by atoms with van der Waals surface area (Å²) in [5.74, 6) is 0. The lowest BCUT2D eigenvalue weighted by atomic mass is 10.1. The Bertz CT molecular complexity index is 307. The van der Waals surface area contributed by atoms with E-state index < -0.39 is 0 Å². The molecule has 0 radical (unpaired) electrons. The average molecular weight is 235 g/mol. The standard InChI is InChI=1S/C15H25NO/c1-4-11-16(6-3)12-15(17)14-9-7-13(5-2)8-10-14/h7-10,15,17H,4-6,11-12H2,1-3H3. The fraction of sp³-hybridized carbons (Fsp3) is 0.600. The maximum absolute atomic E-state index is 10.2. The summed E-state index contributed by atoms with van der Waals surface area (Å²) in [5.41, 5.74) is 2.35. The van der Waals surface area contributed by atoms with Gasteiger partial charge in [-0.2, -0.15) is 0 Å². The number of benzene rings is 1. The van der Waals surface area contributed by atoms with Gasteiger partial charge in [0.1, 0.15) is 0 Å². The van der Waals surface area contributed by atoms with Crippen LogP contribution in [0.5, 0.6) is 0 Å². The Morgan fingerprint density at radius 1 is 1.12 bits per heavy atom. The quantitative estimate of drug-likeness (QED) is 0.785. The van der Waals surface area contributed by atoms with E-state index >= 15 is 0 Å². The number of hydrogen-bond donors (Lipinski definition) is 1. The molecule has 0 aliphatic rings. The van der Waals surface area contributed by atoms with E-state index in [1.807, 2.05) is 12.1 Å². The zero-order valence-electron chi connectivity index (χ0n) is 11.3. The SMILES string of the molecule is CCCN(CC)CC(O)c1ccc(CC)cc1. The van der Waals surface area contributed by atoms with Crippen LogP contribution in [0.4, 0.5) is 0 Å². The van der Waals surface area contributed by atoms with Gasteiger partial charge in [0.2, 0.25) is 0 Å². The summed E-state index contributed by atoms with van der Waals surface area (Å²) in [5, 5.41) is 10.2. The number of likely N-dealkylation sites (N-methyl/N-ethyl adjacent to an activating group) is 1. The number of nitrogens with zero attached hydrogens (tertiary/aromatic N) is 1. The van der Waals surface area contributed by atoms with Gasteiger partial charge in [-0.1, -0.05) is 45.0 Å². The van der Waals surface area contributed by atoms with Crippen LogP contribution in [-0.2, 0) is 6.42 Å². The minimum absolute atomic E-state index is 0.368. The van der Waals surface area contributed by atoms with Crippen LogP contribution >= 0.6 is 0 Å². The van der Waals surface area contributed by atoms with Crippen LogP contribution in [0.15, 0.2) is 24.3 Å². The third-order valence-corrected chi connectivity index (χ3v) is 3.19. The molecule has 1 N–H and O–H groups in total. The molecule has 1 atom stereocenters. The van der Waals surface area contributed by atoms with E-state index in [1.165, 1.54) is 5.56 Å². The van der Waals surface area contributed by atoms with E-state index in [1.54, 1.807) is 0 Å². The van der Waals surface area contributed by atoms with Gasteiger partial charge in [-0.15, -0.1) is 0 Å². The first-order valence-corrected chi connectivity index (χ1v) is 6.70. The van der Waals surface area contributed by atoms with Crippen molar-refractivity contribution in [2.75, 3.05) is 19.6 Å². The molecular formula is C15H25NO. The van der Waals surface area contributed by atoms with E-state index in [4.69, 9.17) is 0 Å². The second-order valence-electron chi connectivity index (χ2n) is 4.50. The Morgan fingerprint density at radius 3 is 2.24 bits per heavy atom. The zero-order chi connectivity index (χ0) is 12.7. The Kier molecular flexibility index (Phi) is 6.23. The normalized spacial score (nSPS) is 13.0. The van der Waals surface area contributed by atoms with Crippen LogP contribution in [0.3, 0.4) is 0 Å². The van der Waals surface area contributed by atoms with Gasteiger partial charge in [0.25, 0.3) is 0 Å². The summed E-state index contributed by atoms with van der Waals surface area (Å²) < 4.78 is 0. The van der Waals surface area contributed by atoms with Gasteiger partial charge in [0.05, 0.1) is 6.10 Å². The molecule has 0 fully saturated rings. The first-order chi connectivity index (χ1) is 8.21. The van der Waals surface area contributed by atoms with Crippen LogP contribution in [0, 0.1) is 0 Å². The van der Waals surface area contributed by atoms with Gasteiger partial charge < -0.3 is 10.0 Å². The van der Waals surface area contributed by atoms with Crippen molar-refractivity contribution in [3.63, 3.8) is 0 Å². The highest BCUT2D eigenvalue weighted by molar-refractivity contribution is 5.24. The third kappa shape index (κ3) is 4.49. The monoisotopic (exact) mass is 235 g/mol. The molecule has 0 bridgehead atoms. The molecule has 0 spiro atoms. The molecule has 17 heavy (non-hydrogen) atoms. The Labute approximate surface area is 105 Å². The smallest absolute Gasteiger partial charge is 0.0916 e. The van der Waals surface area contributed by atoms with Crippen molar-refractivity contribution >= 4 is 0 Å². The van der Waals surface area contributed by atoms with E-state index in [0.717, 1.165) is 38.0 Å². The fourth-order valence-electron chi connectivity index (χ4n) is 2.02. The molecule has 1 aromatic rings. The van der Waals surface area contributed by atoms with Gasteiger partial charge in [-0.25, -0.2) is 0 Å². The van der Waals surface area contributed by atoms with Crippen molar-refractivity contribution in [1.82, 2.24) is 4.90 Å². The van der Waals surface area contributed by atoms with Crippen molar-refractivity contribution in [2.24, 2.45) is 0 Å². The Hall–Kier alpha value is -0.860. The first-order valence-electron chi connectivity index (χ1n) is 6.70. The van der Waals surface area contributed by atoms with Gasteiger partial charge in [0, 0.05) is 6.54 Å². The molecule has 0 saturated carbocycles. The first kappa shape index (κ1) is 14.2. The van der Waals surface area contributed by atoms with Crippen molar-refractivity contribution in [2.45, 2.75) is 39.7 Å². The summed E-state index contributed by atoms with van der Waals surface area (Å²) in [4.78, 5) is 2.29. The second kappa shape index (κ2) is 7.46. The maximum Gasteiger partial charge on any atom is 0.0916 e. The highest BCUT2D eigenvalue weighted by Crippen LogP contribution is 2.15. The van der Waals surface area contributed by atoms with Crippen LogP contribution in [0.2, 0.25) is 0 Å². The maximum atomic E-state index is 10.2. The van der Waals surface area contributed by atoms with Crippen LogP contribution < -0.4 is 0 Å². The molecule has 0 saturated heterocycles. The number of aliphatic hydroxyl groups excluding tert-OH is 1. The molecule has 0 heterocycles. The predicted molar refractivity (Wildman–Crippen MR) is 73.2 cm³/mol. The van der Waals surface area contributed by atoms with Crippen LogP contribution in [0.25, 0.3) is 0 Å². The lowest BCUT2D eigenvalue weighted by molar-refractivity contribution is 0.116. The summed E-state index contributed by atoms with van der Waals surface area (Å²) in [7, 11) is 0. The lowest BCUT2D eigenvalue weighted by Gasteiger charge is -2.23. The van der Waals surface area contributed by atoms with E-state index in [9.17, 15) is 5.11 Å². The number of hydrogen-bond acceptors (Lipinski definition) is 2. The zero-order valence-corrected chi connectivity index (χ0v) is 11.3. The van der Waals surface area contributed by atoms with Gasteiger partial charge in [0.15, 0.2) is 0 Å². The minimum Gasteiger partial charge on any atom is -0.387 e. The van der Waals surface area contributed by atoms with Crippen molar-refractivity contribution in [3.8, 4) is 0 Å². The molecule has 2 nitrogen and oxygen atoms in total. The number of aliphatic hydroxyl groups is 1. The molecule has 1 rings (SSSR count). The summed E-state index contributed by atoms with van der Waals surface area (Å²) >= 11 is 0. The third-order valence-electron chi connectivity index (χ3n) is 3.19. The molecule has 0 aliphatic heterocycles. The lowest BCUT2D eigenvalue weighted by Crippen LogP contribution is -2.29. The summed E-state index contributed by atoms with van der Waals surface area (Å²) in [6, 6.07) is 8.30. The highest BCUT2D eigenvalue weighted by atomic mass is 16.3. The van der Waals surface area contributed by atoms with Gasteiger partial charge in [-0.05, 0) is 37.1 Å². The molecule has 1 aromatic carbocycles. The van der Waals surface area contributed by atoms with Crippen molar-refractivity contribution in [3.05, 3.63) is 35.4 Å². The molecule has 96 valence electrons. The van der Waals surface area contributed by atoms with E-state index in [0.29, 0.717) is 0 Å². The molecule has 0 amide bonds. The largest absolute Gasteiger partial charge is 0.387 e. The summed E-state index contributed by atoms with van der Waals surface area (Å²) in [6.45, 7) is 9.24. The predicted octanol–water partition coefficient (Wildman–Crippen LogP) is 3.01. The van der Waals surface area contributed by atoms with Crippen molar-refractivity contribution < 1.29 is 5.11 Å². The number of rotatable bonds is 7. The van der Waals surface area contributed by atoms with E-state index in [-0.39, 0.29) is 6.10 Å². The molecule has 0 aliphatic carbocycles. The molecular weight excluding hydrogens is 210 g/mol. The summed E-state index contributed by atoms with van der Waals surface area (Å²) in [6.07, 6.45) is 1.82. The van der Waals surface area contributed by atoms with Gasteiger partial charge >= 0.3 is 0 Å². The highest BCUT2D eigenvalue weighted by Gasteiger charge is 2.11. The fourth-order valence-corrected chi connectivity index (χ4v) is 2.02. The Morgan fingerprint density at radius 2 is 1.76 bits per heavy atom. The van der Waals surface area contributed by atoms with Crippen LogP contribution in [0.1, 0.15) is 44.4 Å². The molecule has 1 unspecified atom stereocenters. The van der Waals surface area contributed by atoms with Crippen molar-refractivity contribution in [1.29, 1.82) is 0 Å². The molecule has 2 heteroatoms. The topological polar surface area (TPSA) is 23.5 Å².